The predicted octanol–water partition coefficient (Wildman–Crippen LogP) is 1.85. The maximum atomic E-state index is 13.6. The van der Waals surface area contributed by atoms with Gasteiger partial charge in [0, 0.05) is 30.2 Å². The lowest BCUT2D eigenvalue weighted by Gasteiger charge is -2.38. The molecule has 1 fully saturated rings. The van der Waals surface area contributed by atoms with E-state index in [1.807, 2.05) is 6.07 Å². The van der Waals surface area contributed by atoms with Crippen LogP contribution in [0.2, 0.25) is 0 Å². The van der Waals surface area contributed by atoms with E-state index in [2.05, 4.69) is 24.5 Å². The lowest BCUT2D eigenvalue weighted by molar-refractivity contribution is 0.258. The van der Waals surface area contributed by atoms with E-state index in [4.69, 9.17) is 4.74 Å². The summed E-state index contributed by atoms with van der Waals surface area (Å²) in [5, 5.41) is 6.86. The number of rotatable bonds is 2. The fourth-order valence-corrected chi connectivity index (χ4v) is 2.31. The number of benzene rings is 1. The second kappa shape index (κ2) is 4.63. The smallest absolute Gasteiger partial charge is 0.165 e. The zero-order valence-electron chi connectivity index (χ0n) is 10.5. The van der Waals surface area contributed by atoms with Crippen molar-refractivity contribution in [1.29, 1.82) is 0 Å². The molecule has 1 atom stereocenters. The molecule has 4 heteroatoms. The first-order chi connectivity index (χ1) is 8.03. The molecule has 0 spiro atoms. The Bertz CT molecular complexity index is 406. The van der Waals surface area contributed by atoms with Crippen molar-refractivity contribution in [3.63, 3.8) is 0 Å². The summed E-state index contributed by atoms with van der Waals surface area (Å²) in [6, 6.07) is 5.12. The Hall–Kier alpha value is -1.13. The molecule has 0 radical (unpaired) electrons. The molecule has 0 bridgehead atoms. The van der Waals surface area contributed by atoms with Crippen molar-refractivity contribution < 1.29 is 9.13 Å². The third-order valence-electron chi connectivity index (χ3n) is 3.06. The number of hydrogen-bond donors (Lipinski definition) is 2. The van der Waals surface area contributed by atoms with Gasteiger partial charge in [-0.05, 0) is 19.9 Å². The average molecular weight is 238 g/mol. The van der Waals surface area contributed by atoms with Gasteiger partial charge in [-0.1, -0.05) is 12.1 Å². The van der Waals surface area contributed by atoms with E-state index in [1.54, 1.807) is 6.07 Å². The molecule has 1 aromatic rings. The van der Waals surface area contributed by atoms with Crippen molar-refractivity contribution >= 4 is 0 Å². The molecule has 2 N–H and O–H groups in total. The Balaban J connectivity index is 2.30. The van der Waals surface area contributed by atoms with Gasteiger partial charge in [0.1, 0.15) is 0 Å². The summed E-state index contributed by atoms with van der Waals surface area (Å²) in [6.45, 7) is 5.93. The topological polar surface area (TPSA) is 33.3 Å². The molecular weight excluding hydrogens is 219 g/mol. The minimum absolute atomic E-state index is 0.000244. The molecule has 94 valence electrons. The molecule has 0 aliphatic carbocycles. The molecule has 17 heavy (non-hydrogen) atoms. The van der Waals surface area contributed by atoms with Crippen molar-refractivity contribution in [2.75, 3.05) is 20.2 Å². The number of hydrogen-bond acceptors (Lipinski definition) is 3. The van der Waals surface area contributed by atoms with Gasteiger partial charge in [-0.3, -0.25) is 0 Å². The first kappa shape index (κ1) is 12.3. The SMILES string of the molecule is COc1c(F)cccc1C1CNCC(C)(C)N1. The number of halogens is 1. The summed E-state index contributed by atoms with van der Waals surface area (Å²) >= 11 is 0. The van der Waals surface area contributed by atoms with E-state index in [1.165, 1.54) is 13.2 Å². The molecule has 1 aromatic carbocycles. The third kappa shape index (κ3) is 2.58. The van der Waals surface area contributed by atoms with Crippen LogP contribution in [-0.2, 0) is 0 Å². The van der Waals surface area contributed by atoms with Gasteiger partial charge in [0.25, 0.3) is 0 Å². The Morgan fingerprint density at radius 2 is 2.18 bits per heavy atom. The van der Waals surface area contributed by atoms with E-state index >= 15 is 0 Å². The molecule has 1 unspecified atom stereocenters. The molecular formula is C13H19FN2O. The van der Waals surface area contributed by atoms with Crippen LogP contribution in [-0.4, -0.2) is 25.7 Å². The molecule has 2 rings (SSSR count). The first-order valence-electron chi connectivity index (χ1n) is 5.84. The predicted molar refractivity (Wildman–Crippen MR) is 65.8 cm³/mol. The molecule has 1 saturated heterocycles. The van der Waals surface area contributed by atoms with Gasteiger partial charge in [0.2, 0.25) is 0 Å². The lowest BCUT2D eigenvalue weighted by Crippen LogP contribution is -2.56. The summed E-state index contributed by atoms with van der Waals surface area (Å²) in [4.78, 5) is 0. The summed E-state index contributed by atoms with van der Waals surface area (Å²) in [5.74, 6) is 0.0275. The number of methoxy groups -OCH3 is 1. The van der Waals surface area contributed by atoms with E-state index < -0.39 is 0 Å². The standard InChI is InChI=1S/C13H19FN2O/c1-13(2)8-15-7-11(16-13)9-5-4-6-10(14)12(9)17-3/h4-6,11,15-16H,7-8H2,1-3H3. The Kier molecular flexibility index (Phi) is 3.35. The van der Waals surface area contributed by atoms with Crippen molar-refractivity contribution in [2.24, 2.45) is 0 Å². The first-order valence-corrected chi connectivity index (χ1v) is 5.84. The molecule has 0 saturated carbocycles. The summed E-state index contributed by atoms with van der Waals surface area (Å²) < 4.78 is 18.8. The second-order valence-corrected chi connectivity index (χ2v) is 5.07. The highest BCUT2D eigenvalue weighted by atomic mass is 19.1. The molecule has 0 amide bonds. The van der Waals surface area contributed by atoms with E-state index in [0.717, 1.165) is 18.7 Å². The minimum atomic E-state index is -0.310. The van der Waals surface area contributed by atoms with Crippen LogP contribution >= 0.6 is 0 Å². The van der Waals surface area contributed by atoms with E-state index in [0.29, 0.717) is 5.75 Å². The zero-order chi connectivity index (χ0) is 12.5. The Morgan fingerprint density at radius 3 is 2.82 bits per heavy atom. The Labute approximate surface area is 101 Å². The van der Waals surface area contributed by atoms with Crippen molar-refractivity contribution in [1.82, 2.24) is 10.6 Å². The quantitative estimate of drug-likeness (QED) is 0.825. The fourth-order valence-electron chi connectivity index (χ4n) is 2.31. The third-order valence-corrected chi connectivity index (χ3v) is 3.06. The van der Waals surface area contributed by atoms with Crippen LogP contribution in [0, 0.1) is 5.82 Å². The number of piperazine rings is 1. The fraction of sp³-hybridized carbons (Fsp3) is 0.538. The van der Waals surface area contributed by atoms with Gasteiger partial charge >= 0.3 is 0 Å². The van der Waals surface area contributed by atoms with Crippen LogP contribution in [0.25, 0.3) is 0 Å². The summed E-state index contributed by atoms with van der Waals surface area (Å²) in [7, 11) is 1.50. The lowest BCUT2D eigenvalue weighted by atomic mass is 9.95. The number of ether oxygens (including phenoxy) is 1. The van der Waals surface area contributed by atoms with Gasteiger partial charge in [-0.25, -0.2) is 4.39 Å². The highest BCUT2D eigenvalue weighted by molar-refractivity contribution is 5.38. The van der Waals surface area contributed by atoms with Gasteiger partial charge in [-0.2, -0.15) is 0 Å². The molecule has 1 aliphatic heterocycles. The largest absolute Gasteiger partial charge is 0.493 e. The average Bonchev–Trinajstić information content (AvgIpc) is 2.27. The van der Waals surface area contributed by atoms with Gasteiger partial charge in [-0.15, -0.1) is 0 Å². The highest BCUT2D eigenvalue weighted by Crippen LogP contribution is 2.30. The van der Waals surface area contributed by atoms with Crippen LogP contribution in [0.5, 0.6) is 5.75 Å². The van der Waals surface area contributed by atoms with Crippen LogP contribution in [0.15, 0.2) is 18.2 Å². The maximum absolute atomic E-state index is 13.6. The molecule has 1 heterocycles. The number of para-hydroxylation sites is 1. The van der Waals surface area contributed by atoms with Crippen LogP contribution in [0.4, 0.5) is 4.39 Å². The Morgan fingerprint density at radius 1 is 1.41 bits per heavy atom. The second-order valence-electron chi connectivity index (χ2n) is 5.07. The van der Waals surface area contributed by atoms with Gasteiger partial charge < -0.3 is 15.4 Å². The van der Waals surface area contributed by atoms with E-state index in [-0.39, 0.29) is 17.4 Å². The van der Waals surface area contributed by atoms with Crippen LogP contribution in [0.1, 0.15) is 25.5 Å². The van der Waals surface area contributed by atoms with Gasteiger partial charge in [0.05, 0.1) is 7.11 Å². The maximum Gasteiger partial charge on any atom is 0.165 e. The van der Waals surface area contributed by atoms with Crippen molar-refractivity contribution in [2.45, 2.75) is 25.4 Å². The summed E-state index contributed by atoms with van der Waals surface area (Å²) in [6.07, 6.45) is 0. The normalized spacial score (nSPS) is 23.4. The highest BCUT2D eigenvalue weighted by Gasteiger charge is 2.29. The zero-order valence-corrected chi connectivity index (χ0v) is 10.5. The minimum Gasteiger partial charge on any atom is -0.493 e. The van der Waals surface area contributed by atoms with Crippen LogP contribution in [0.3, 0.4) is 0 Å². The molecule has 0 aromatic heterocycles. The molecule has 1 aliphatic rings. The van der Waals surface area contributed by atoms with Crippen molar-refractivity contribution in [3.8, 4) is 5.75 Å². The molecule has 3 nitrogen and oxygen atoms in total. The van der Waals surface area contributed by atoms with Crippen molar-refractivity contribution in [3.05, 3.63) is 29.6 Å². The summed E-state index contributed by atoms with van der Waals surface area (Å²) in [5.41, 5.74) is 0.869. The van der Waals surface area contributed by atoms with Gasteiger partial charge in [0.15, 0.2) is 11.6 Å². The van der Waals surface area contributed by atoms with E-state index in [9.17, 15) is 4.39 Å². The van der Waals surface area contributed by atoms with Crippen LogP contribution < -0.4 is 15.4 Å². The monoisotopic (exact) mass is 238 g/mol. The number of nitrogens with one attached hydrogen (secondary N) is 2.